The van der Waals surface area contributed by atoms with Crippen LogP contribution in [0.3, 0.4) is 0 Å². The Balaban J connectivity index is 1.65. The second kappa shape index (κ2) is 6.53. The van der Waals surface area contributed by atoms with Gasteiger partial charge in [0.05, 0.1) is 23.9 Å². The van der Waals surface area contributed by atoms with Crippen molar-refractivity contribution in [3.8, 4) is 0 Å². The Morgan fingerprint density at radius 3 is 3.00 bits per heavy atom. The Labute approximate surface area is 147 Å². The molecule has 2 aromatic rings. The molecule has 0 radical (unpaired) electrons. The lowest BCUT2D eigenvalue weighted by Crippen LogP contribution is -2.27. The molecule has 6 heteroatoms. The number of nitrogens with zero attached hydrogens (tertiary/aromatic N) is 3. The summed E-state index contributed by atoms with van der Waals surface area (Å²) in [6, 6.07) is 10.5. The number of thiocarbonyl (C=S) groups is 1. The minimum absolute atomic E-state index is 0.0573. The molecule has 0 bridgehead atoms. The lowest BCUT2D eigenvalue weighted by molar-refractivity contribution is 0.0955. The molecule has 2 aliphatic heterocycles. The molecule has 0 saturated carbocycles. The van der Waals surface area contributed by atoms with E-state index >= 15 is 0 Å². The summed E-state index contributed by atoms with van der Waals surface area (Å²) in [5.74, 6) is 0. The SMILES string of the molecule is CN1C(=S)N[C@H](c2ccccn2)[C@@H]1c1cccn1C[C@H]1CCCO1. The fourth-order valence-corrected chi connectivity index (χ4v) is 3.94. The average molecular weight is 342 g/mol. The number of pyridine rings is 1. The summed E-state index contributed by atoms with van der Waals surface area (Å²) in [5.41, 5.74) is 2.26. The third kappa shape index (κ3) is 2.80. The number of rotatable bonds is 4. The first-order chi connectivity index (χ1) is 11.7. The van der Waals surface area contributed by atoms with Gasteiger partial charge in [-0.05, 0) is 49.3 Å². The Morgan fingerprint density at radius 1 is 1.33 bits per heavy atom. The van der Waals surface area contributed by atoms with Crippen LogP contribution in [0.4, 0.5) is 0 Å². The highest BCUT2D eigenvalue weighted by Crippen LogP contribution is 2.37. The molecule has 126 valence electrons. The Hall–Kier alpha value is -1.92. The van der Waals surface area contributed by atoms with Crippen LogP contribution in [0.5, 0.6) is 0 Å². The number of likely N-dealkylation sites (N-methyl/N-ethyl adjacent to an activating group) is 1. The van der Waals surface area contributed by atoms with E-state index in [4.69, 9.17) is 17.0 Å². The van der Waals surface area contributed by atoms with Gasteiger partial charge in [0.1, 0.15) is 0 Å². The van der Waals surface area contributed by atoms with Crippen molar-refractivity contribution >= 4 is 17.3 Å². The third-order valence-corrected chi connectivity index (χ3v) is 5.34. The van der Waals surface area contributed by atoms with Crippen LogP contribution in [-0.2, 0) is 11.3 Å². The molecule has 0 unspecified atom stereocenters. The van der Waals surface area contributed by atoms with E-state index in [0.29, 0.717) is 6.10 Å². The van der Waals surface area contributed by atoms with Crippen LogP contribution in [0, 0.1) is 0 Å². The van der Waals surface area contributed by atoms with Gasteiger partial charge in [-0.2, -0.15) is 0 Å². The quantitative estimate of drug-likeness (QED) is 0.866. The van der Waals surface area contributed by atoms with E-state index in [-0.39, 0.29) is 12.1 Å². The molecular weight excluding hydrogens is 320 g/mol. The number of aromatic nitrogens is 2. The van der Waals surface area contributed by atoms with Crippen molar-refractivity contribution in [2.24, 2.45) is 0 Å². The maximum atomic E-state index is 5.82. The van der Waals surface area contributed by atoms with Gasteiger partial charge >= 0.3 is 0 Å². The fraction of sp³-hybridized carbons (Fsp3) is 0.444. The molecule has 0 aliphatic carbocycles. The Bertz CT molecular complexity index is 711. The molecule has 24 heavy (non-hydrogen) atoms. The van der Waals surface area contributed by atoms with Crippen LogP contribution in [0.15, 0.2) is 42.7 Å². The molecule has 2 fully saturated rings. The van der Waals surface area contributed by atoms with Crippen molar-refractivity contribution in [1.82, 2.24) is 19.8 Å². The zero-order chi connectivity index (χ0) is 16.5. The van der Waals surface area contributed by atoms with Gasteiger partial charge in [-0.25, -0.2) is 0 Å². The highest BCUT2D eigenvalue weighted by atomic mass is 32.1. The smallest absolute Gasteiger partial charge is 0.169 e. The third-order valence-electron chi connectivity index (χ3n) is 4.93. The van der Waals surface area contributed by atoms with Crippen LogP contribution in [-0.4, -0.2) is 39.3 Å². The van der Waals surface area contributed by atoms with Gasteiger partial charge in [0, 0.05) is 38.3 Å². The molecular formula is C18H22N4OS. The minimum Gasteiger partial charge on any atom is -0.376 e. The van der Waals surface area contributed by atoms with Crippen molar-refractivity contribution in [2.45, 2.75) is 37.6 Å². The summed E-state index contributed by atoms with van der Waals surface area (Å²) in [7, 11) is 2.05. The van der Waals surface area contributed by atoms with E-state index in [1.165, 1.54) is 5.69 Å². The van der Waals surface area contributed by atoms with Crippen LogP contribution in [0.2, 0.25) is 0 Å². The first-order valence-electron chi connectivity index (χ1n) is 8.45. The zero-order valence-corrected chi connectivity index (χ0v) is 14.6. The van der Waals surface area contributed by atoms with E-state index < -0.39 is 0 Å². The summed E-state index contributed by atoms with van der Waals surface area (Å²) >= 11 is 5.51. The monoisotopic (exact) mass is 342 g/mol. The maximum Gasteiger partial charge on any atom is 0.169 e. The van der Waals surface area contributed by atoms with Crippen molar-refractivity contribution in [1.29, 1.82) is 0 Å². The maximum absolute atomic E-state index is 5.82. The highest BCUT2D eigenvalue weighted by Gasteiger charge is 2.39. The van der Waals surface area contributed by atoms with Gasteiger partial charge in [-0.15, -0.1) is 0 Å². The van der Waals surface area contributed by atoms with Crippen molar-refractivity contribution in [3.63, 3.8) is 0 Å². The average Bonchev–Trinajstić information content (AvgIpc) is 3.32. The van der Waals surface area contributed by atoms with Crippen LogP contribution >= 0.6 is 12.2 Å². The molecule has 4 heterocycles. The number of ether oxygens (including phenoxy) is 1. The molecule has 0 spiro atoms. The molecule has 3 atom stereocenters. The molecule has 2 aliphatic rings. The van der Waals surface area contributed by atoms with Gasteiger partial charge in [0.25, 0.3) is 0 Å². The summed E-state index contributed by atoms with van der Waals surface area (Å²) in [5, 5.41) is 4.19. The molecule has 5 nitrogen and oxygen atoms in total. The topological polar surface area (TPSA) is 42.3 Å². The second-order valence-electron chi connectivity index (χ2n) is 6.46. The fourth-order valence-electron chi connectivity index (χ4n) is 3.70. The first-order valence-corrected chi connectivity index (χ1v) is 8.86. The summed E-state index contributed by atoms with van der Waals surface area (Å²) in [4.78, 5) is 6.67. The first kappa shape index (κ1) is 15.6. The van der Waals surface area contributed by atoms with E-state index in [2.05, 4.69) is 44.2 Å². The van der Waals surface area contributed by atoms with Crippen molar-refractivity contribution in [3.05, 3.63) is 54.1 Å². The van der Waals surface area contributed by atoms with Gasteiger partial charge in [0.2, 0.25) is 0 Å². The van der Waals surface area contributed by atoms with Crippen molar-refractivity contribution < 1.29 is 4.74 Å². The molecule has 4 rings (SSSR count). The highest BCUT2D eigenvalue weighted by molar-refractivity contribution is 7.80. The van der Waals surface area contributed by atoms with E-state index in [9.17, 15) is 0 Å². The molecule has 2 aromatic heterocycles. The summed E-state index contributed by atoms with van der Waals surface area (Å²) in [6.45, 7) is 1.78. The van der Waals surface area contributed by atoms with Crippen LogP contribution in [0.1, 0.15) is 36.3 Å². The molecule has 0 aromatic carbocycles. The van der Waals surface area contributed by atoms with Gasteiger partial charge in [-0.3, -0.25) is 4.98 Å². The van der Waals surface area contributed by atoms with Crippen molar-refractivity contribution in [2.75, 3.05) is 13.7 Å². The number of nitrogens with one attached hydrogen (secondary N) is 1. The predicted octanol–water partition coefficient (Wildman–Crippen LogP) is 2.66. The summed E-state index contributed by atoms with van der Waals surface area (Å²) < 4.78 is 8.12. The summed E-state index contributed by atoms with van der Waals surface area (Å²) in [6.07, 6.45) is 6.59. The second-order valence-corrected chi connectivity index (χ2v) is 6.84. The van der Waals surface area contributed by atoms with Crippen LogP contribution in [0.25, 0.3) is 0 Å². The standard InChI is InChI=1S/C18H22N4OS/c1-21-17(16(20-18(21)24)14-7-2-3-9-19-14)15-8-4-10-22(15)12-13-6-5-11-23-13/h2-4,7-10,13,16-17H,5-6,11-12H2,1H3,(H,20,24)/t13-,16-,17+/m1/s1. The number of hydrogen-bond acceptors (Lipinski definition) is 3. The largest absolute Gasteiger partial charge is 0.376 e. The van der Waals surface area contributed by atoms with E-state index in [1.54, 1.807) is 0 Å². The Kier molecular flexibility index (Phi) is 4.24. The molecule has 0 amide bonds. The van der Waals surface area contributed by atoms with E-state index in [1.807, 2.05) is 25.4 Å². The lowest BCUT2D eigenvalue weighted by Gasteiger charge is -2.26. The molecule has 2 saturated heterocycles. The lowest BCUT2D eigenvalue weighted by atomic mass is 10.0. The van der Waals surface area contributed by atoms with Crippen LogP contribution < -0.4 is 5.32 Å². The zero-order valence-electron chi connectivity index (χ0n) is 13.8. The van der Waals surface area contributed by atoms with Gasteiger partial charge < -0.3 is 19.5 Å². The predicted molar refractivity (Wildman–Crippen MR) is 96.6 cm³/mol. The number of hydrogen-bond donors (Lipinski definition) is 1. The minimum atomic E-state index is 0.0573. The molecule has 1 N–H and O–H groups in total. The van der Waals surface area contributed by atoms with Gasteiger partial charge in [-0.1, -0.05) is 6.07 Å². The normalized spacial score (nSPS) is 26.8. The van der Waals surface area contributed by atoms with Gasteiger partial charge in [0.15, 0.2) is 5.11 Å². The van der Waals surface area contributed by atoms with E-state index in [0.717, 1.165) is 36.8 Å². The Morgan fingerprint density at radius 2 is 2.25 bits per heavy atom.